The zero-order valence-electron chi connectivity index (χ0n) is 24.8. The van der Waals surface area contributed by atoms with Crippen LogP contribution in [0.5, 0.6) is 0 Å². The van der Waals surface area contributed by atoms with Gasteiger partial charge in [-0.1, -0.05) is 58.6 Å². The van der Waals surface area contributed by atoms with Gasteiger partial charge in [-0.15, -0.1) is 24.9 Å². The van der Waals surface area contributed by atoms with Crippen LogP contribution in [0.25, 0.3) is 0 Å². The third kappa shape index (κ3) is 5.39. The second kappa shape index (κ2) is 13.5. The normalized spacial score (nSPS) is 33.0. The molecule has 1 saturated carbocycles. The van der Waals surface area contributed by atoms with Crippen LogP contribution < -0.4 is 0 Å². The van der Waals surface area contributed by atoms with Crippen LogP contribution in [-0.2, 0) is 19.1 Å². The fourth-order valence-corrected chi connectivity index (χ4v) is 10.3. The molecule has 224 valence electrons. The number of nitrogens with zero attached hydrogens (tertiary/aromatic N) is 2. The van der Waals surface area contributed by atoms with Gasteiger partial charge in [0.1, 0.15) is 6.04 Å². The molecule has 0 radical (unpaired) electrons. The molecule has 3 saturated heterocycles. The van der Waals surface area contributed by atoms with Gasteiger partial charge in [0, 0.05) is 17.8 Å². The molecule has 7 nitrogen and oxygen atoms in total. The topological polar surface area (TPSA) is 87.2 Å². The zero-order valence-corrected chi connectivity index (χ0v) is 25.6. The first-order valence-electron chi connectivity index (χ1n) is 15.6. The second-order valence-corrected chi connectivity index (χ2v) is 14.0. The number of ether oxygens (including phenoxy) is 1. The Hall–Kier alpha value is -1.80. The van der Waals surface area contributed by atoms with Crippen LogP contribution in [0.2, 0.25) is 0 Å². The number of likely N-dealkylation sites (tertiary alicyclic amines) is 1. The number of hydrogen-bond acceptors (Lipinski definition) is 6. The van der Waals surface area contributed by atoms with E-state index in [1.807, 2.05) is 24.8 Å². The van der Waals surface area contributed by atoms with E-state index in [9.17, 15) is 19.5 Å². The maximum absolute atomic E-state index is 14.8. The summed E-state index contributed by atoms with van der Waals surface area (Å²) in [6.45, 7) is 14.5. The molecule has 1 N–H and O–H groups in total. The molecule has 0 aromatic heterocycles. The number of amides is 2. The van der Waals surface area contributed by atoms with Gasteiger partial charge in [0.15, 0.2) is 0 Å². The van der Waals surface area contributed by atoms with Crippen LogP contribution in [0.15, 0.2) is 25.3 Å². The third-order valence-corrected chi connectivity index (χ3v) is 12.3. The summed E-state index contributed by atoms with van der Waals surface area (Å²) in [5.74, 6) is -1.59. The highest BCUT2D eigenvalue weighted by Crippen LogP contribution is 2.69. The second-order valence-electron chi connectivity index (χ2n) is 12.5. The smallest absolute Gasteiger partial charge is 0.310 e. The summed E-state index contributed by atoms with van der Waals surface area (Å²) in [4.78, 5) is 46.6. The van der Waals surface area contributed by atoms with Crippen LogP contribution in [0.4, 0.5) is 0 Å². The quantitative estimate of drug-likeness (QED) is 0.179. The van der Waals surface area contributed by atoms with Crippen LogP contribution in [0.3, 0.4) is 0 Å². The average molecular weight is 575 g/mol. The Morgan fingerprint density at radius 1 is 1.23 bits per heavy atom. The molecular formula is C32H50N2O5S. The molecule has 2 amide bonds. The molecule has 4 rings (SSSR count). The molecule has 3 unspecified atom stereocenters. The molecule has 3 aliphatic heterocycles. The van der Waals surface area contributed by atoms with Crippen molar-refractivity contribution in [2.45, 2.75) is 113 Å². The molecular weight excluding hydrogens is 524 g/mol. The van der Waals surface area contributed by atoms with E-state index in [0.29, 0.717) is 13.2 Å². The number of aliphatic hydroxyl groups excluding tert-OH is 1. The van der Waals surface area contributed by atoms with Crippen LogP contribution in [0.1, 0.15) is 85.0 Å². The lowest BCUT2D eigenvalue weighted by molar-refractivity contribution is -0.155. The van der Waals surface area contributed by atoms with Gasteiger partial charge in [0.2, 0.25) is 11.8 Å². The van der Waals surface area contributed by atoms with Gasteiger partial charge in [-0.05, 0) is 50.4 Å². The fourth-order valence-electron chi connectivity index (χ4n) is 7.95. The van der Waals surface area contributed by atoms with Crippen molar-refractivity contribution in [3.8, 4) is 0 Å². The average Bonchev–Trinajstić information content (AvgIpc) is 3.55. The third-order valence-electron chi connectivity index (χ3n) is 10.2. The van der Waals surface area contributed by atoms with Gasteiger partial charge in [0.25, 0.3) is 0 Å². The number of esters is 1. The van der Waals surface area contributed by atoms with Gasteiger partial charge in [-0.3, -0.25) is 14.4 Å². The minimum atomic E-state index is -0.714. The molecule has 3 heterocycles. The summed E-state index contributed by atoms with van der Waals surface area (Å²) in [7, 11) is 0. The number of allylic oxidation sites excluding steroid dienone is 1. The number of rotatable bonds is 14. The number of unbranched alkanes of at least 4 members (excludes halogenated alkanes) is 2. The first-order valence-corrected chi connectivity index (χ1v) is 16.5. The van der Waals surface area contributed by atoms with Crippen molar-refractivity contribution in [1.82, 2.24) is 9.80 Å². The molecule has 0 aromatic carbocycles. The van der Waals surface area contributed by atoms with Crippen molar-refractivity contribution in [3.05, 3.63) is 25.3 Å². The summed E-state index contributed by atoms with van der Waals surface area (Å²) in [5, 5.41) is 10.6. The summed E-state index contributed by atoms with van der Waals surface area (Å²) < 4.78 is 5.06. The predicted molar refractivity (Wildman–Crippen MR) is 160 cm³/mol. The lowest BCUT2D eigenvalue weighted by Gasteiger charge is -2.45. The number of carbonyl (C=O) groups excluding carboxylic acids is 3. The highest BCUT2D eigenvalue weighted by Gasteiger charge is 2.77. The minimum Gasteiger partial charge on any atom is -0.465 e. The van der Waals surface area contributed by atoms with E-state index in [-0.39, 0.29) is 47.5 Å². The van der Waals surface area contributed by atoms with E-state index in [1.54, 1.807) is 22.7 Å². The largest absolute Gasteiger partial charge is 0.465 e. The van der Waals surface area contributed by atoms with Crippen LogP contribution >= 0.6 is 11.8 Å². The van der Waals surface area contributed by atoms with Gasteiger partial charge in [-0.2, -0.15) is 0 Å². The molecule has 4 aliphatic rings. The Morgan fingerprint density at radius 2 is 1.95 bits per heavy atom. The van der Waals surface area contributed by atoms with E-state index < -0.39 is 28.7 Å². The van der Waals surface area contributed by atoms with E-state index in [2.05, 4.69) is 20.1 Å². The summed E-state index contributed by atoms with van der Waals surface area (Å²) >= 11 is 1.68. The van der Waals surface area contributed by atoms with E-state index >= 15 is 0 Å². The molecule has 8 heteroatoms. The Morgan fingerprint density at radius 3 is 2.58 bits per heavy atom. The Balaban J connectivity index is 1.72. The maximum Gasteiger partial charge on any atom is 0.310 e. The predicted octanol–water partition coefficient (Wildman–Crippen LogP) is 4.98. The van der Waals surface area contributed by atoms with Gasteiger partial charge in [-0.25, -0.2) is 0 Å². The first kappa shape index (κ1) is 31.1. The van der Waals surface area contributed by atoms with Crippen molar-refractivity contribution < 1.29 is 24.2 Å². The number of aliphatic hydroxyl groups is 1. The monoisotopic (exact) mass is 574 g/mol. The van der Waals surface area contributed by atoms with Gasteiger partial charge >= 0.3 is 5.97 Å². The number of fused-ring (bicyclic) bond motifs is 1. The van der Waals surface area contributed by atoms with Gasteiger partial charge < -0.3 is 19.6 Å². The van der Waals surface area contributed by atoms with Crippen LogP contribution in [0, 0.1) is 23.7 Å². The molecule has 40 heavy (non-hydrogen) atoms. The van der Waals surface area contributed by atoms with Crippen molar-refractivity contribution >= 4 is 29.5 Å². The fraction of sp³-hybridized carbons (Fsp3) is 0.781. The molecule has 1 spiro atoms. The van der Waals surface area contributed by atoms with Crippen LogP contribution in [-0.4, -0.2) is 80.6 Å². The molecule has 4 fully saturated rings. The Kier molecular flexibility index (Phi) is 10.5. The molecule has 8 atom stereocenters. The van der Waals surface area contributed by atoms with Crippen molar-refractivity contribution in [2.24, 2.45) is 23.7 Å². The Labute approximate surface area is 245 Å². The minimum absolute atomic E-state index is 0.00905. The first-order chi connectivity index (χ1) is 19.3. The lowest BCUT2D eigenvalue weighted by Crippen LogP contribution is -2.61. The van der Waals surface area contributed by atoms with E-state index in [1.165, 1.54) is 6.42 Å². The number of hydrogen-bond donors (Lipinski definition) is 1. The molecule has 1 aliphatic carbocycles. The highest BCUT2D eigenvalue weighted by atomic mass is 32.2. The summed E-state index contributed by atoms with van der Waals surface area (Å²) in [5.41, 5.74) is 0. The lowest BCUT2D eigenvalue weighted by atomic mass is 9.66. The highest BCUT2D eigenvalue weighted by molar-refractivity contribution is 8.02. The standard InChI is InChI=1S/C32H50N2O5S/c1-6-9-10-14-18-39-31(38)26-25-19-22(5)32(40-25)27(26)29(36)34(24(20-35)21(4)8-3)28(32)30(37)33(17-7-2)23-15-12-11-13-16-23/h6-7,21-28,35H,1-2,8-20H2,3-5H3/t21-,22?,24-,25-,26+,27-,28?,32?/m0/s1. The SMILES string of the molecule is C=CCCCCOC(=O)[C@@H]1[C@@H]2CC(C)C3(S2)C(C(=O)N(CC=C)C2CCCCC2)N([C@@H](CO)[C@@H](C)CC)C(=O)[C@H]13. The molecule has 0 aromatic rings. The molecule has 2 bridgehead atoms. The number of carbonyl (C=O) groups is 3. The maximum atomic E-state index is 14.8. The van der Waals surface area contributed by atoms with Crippen molar-refractivity contribution in [1.29, 1.82) is 0 Å². The van der Waals surface area contributed by atoms with E-state index in [0.717, 1.165) is 57.8 Å². The van der Waals surface area contributed by atoms with Crippen molar-refractivity contribution in [2.75, 3.05) is 19.8 Å². The Bertz CT molecular complexity index is 952. The zero-order chi connectivity index (χ0) is 29.0. The van der Waals surface area contributed by atoms with Gasteiger partial charge in [0.05, 0.1) is 35.8 Å². The summed E-state index contributed by atoms with van der Waals surface area (Å²) in [6.07, 6.45) is 13.0. The van der Waals surface area contributed by atoms with Crippen molar-refractivity contribution in [3.63, 3.8) is 0 Å². The summed E-state index contributed by atoms with van der Waals surface area (Å²) in [6, 6.07) is -1.07. The number of thioether (sulfide) groups is 1. The van der Waals surface area contributed by atoms with E-state index in [4.69, 9.17) is 4.74 Å².